The molecule has 1 N–H and O–H groups in total. The van der Waals surface area contributed by atoms with E-state index in [2.05, 4.69) is 52.1 Å². The lowest BCUT2D eigenvalue weighted by Crippen LogP contribution is -2.22. The SMILES string of the molecule is CCCNC(c1ccc(I)c(Cl)c1)c1cnn(C)c1. The van der Waals surface area contributed by atoms with E-state index in [1.165, 1.54) is 5.56 Å². The first-order valence-corrected chi connectivity index (χ1v) is 7.74. The Morgan fingerprint density at radius 3 is 2.79 bits per heavy atom. The van der Waals surface area contributed by atoms with Crippen LogP contribution in [0.2, 0.25) is 5.02 Å². The fourth-order valence-electron chi connectivity index (χ4n) is 2.00. The van der Waals surface area contributed by atoms with Crippen molar-refractivity contribution in [3.63, 3.8) is 0 Å². The summed E-state index contributed by atoms with van der Waals surface area (Å²) < 4.78 is 2.90. The summed E-state index contributed by atoms with van der Waals surface area (Å²) in [5, 5.41) is 8.60. The van der Waals surface area contributed by atoms with Gasteiger partial charge in [0.1, 0.15) is 0 Å². The van der Waals surface area contributed by atoms with Crippen molar-refractivity contribution in [3.8, 4) is 0 Å². The topological polar surface area (TPSA) is 29.9 Å². The third-order valence-corrected chi connectivity index (χ3v) is 4.51. The Labute approximate surface area is 132 Å². The van der Waals surface area contributed by atoms with Crippen molar-refractivity contribution in [2.75, 3.05) is 6.54 Å². The summed E-state index contributed by atoms with van der Waals surface area (Å²) in [6.07, 6.45) is 5.03. The molecule has 0 saturated heterocycles. The molecular weight excluding hydrogens is 373 g/mol. The molecule has 0 aliphatic rings. The monoisotopic (exact) mass is 389 g/mol. The number of nitrogens with zero attached hydrogens (tertiary/aromatic N) is 2. The Balaban J connectivity index is 2.33. The number of aryl methyl sites for hydroxylation is 1. The van der Waals surface area contributed by atoms with Crippen molar-refractivity contribution >= 4 is 34.2 Å². The molecule has 0 bridgehead atoms. The second kappa shape index (κ2) is 6.72. The Morgan fingerprint density at radius 1 is 1.42 bits per heavy atom. The van der Waals surface area contributed by atoms with Crippen LogP contribution in [-0.2, 0) is 7.05 Å². The van der Waals surface area contributed by atoms with Gasteiger partial charge in [0.2, 0.25) is 0 Å². The van der Waals surface area contributed by atoms with E-state index in [1.807, 2.05) is 30.2 Å². The van der Waals surface area contributed by atoms with E-state index in [0.29, 0.717) is 0 Å². The van der Waals surface area contributed by atoms with Gasteiger partial charge in [-0.1, -0.05) is 24.6 Å². The fourth-order valence-corrected chi connectivity index (χ4v) is 2.52. The average molecular weight is 390 g/mol. The van der Waals surface area contributed by atoms with Gasteiger partial charge in [-0.25, -0.2) is 0 Å². The zero-order valence-electron chi connectivity index (χ0n) is 11.0. The number of nitrogens with one attached hydrogen (secondary N) is 1. The van der Waals surface area contributed by atoms with Gasteiger partial charge in [-0.3, -0.25) is 4.68 Å². The molecule has 1 heterocycles. The minimum atomic E-state index is 0.142. The highest BCUT2D eigenvalue weighted by Crippen LogP contribution is 2.27. The van der Waals surface area contributed by atoms with Gasteiger partial charge in [0.25, 0.3) is 0 Å². The number of aromatic nitrogens is 2. The number of hydrogen-bond acceptors (Lipinski definition) is 2. The van der Waals surface area contributed by atoms with Gasteiger partial charge in [-0.15, -0.1) is 0 Å². The molecule has 0 fully saturated rings. The van der Waals surface area contributed by atoms with Gasteiger partial charge in [-0.2, -0.15) is 5.10 Å². The first kappa shape index (κ1) is 14.8. The second-order valence-electron chi connectivity index (χ2n) is 4.51. The van der Waals surface area contributed by atoms with E-state index >= 15 is 0 Å². The predicted molar refractivity (Wildman–Crippen MR) is 87.5 cm³/mol. The zero-order chi connectivity index (χ0) is 13.8. The lowest BCUT2D eigenvalue weighted by atomic mass is 10.0. The molecule has 5 heteroatoms. The van der Waals surface area contributed by atoms with E-state index in [-0.39, 0.29) is 6.04 Å². The molecular formula is C14H17ClIN3. The van der Waals surface area contributed by atoms with Crippen molar-refractivity contribution in [2.24, 2.45) is 7.05 Å². The number of rotatable bonds is 5. The molecule has 19 heavy (non-hydrogen) atoms. The summed E-state index contributed by atoms with van der Waals surface area (Å²) in [6, 6.07) is 6.34. The molecule has 2 rings (SSSR count). The summed E-state index contributed by atoms with van der Waals surface area (Å²) in [5.74, 6) is 0. The van der Waals surface area contributed by atoms with Crippen LogP contribution >= 0.6 is 34.2 Å². The minimum absolute atomic E-state index is 0.142. The van der Waals surface area contributed by atoms with Crippen molar-refractivity contribution in [1.82, 2.24) is 15.1 Å². The molecule has 0 spiro atoms. The molecule has 0 amide bonds. The normalized spacial score (nSPS) is 12.6. The zero-order valence-corrected chi connectivity index (χ0v) is 13.9. The van der Waals surface area contributed by atoms with Gasteiger partial charge in [0.05, 0.1) is 17.3 Å². The summed E-state index contributed by atoms with van der Waals surface area (Å²) in [4.78, 5) is 0. The molecule has 3 nitrogen and oxygen atoms in total. The summed E-state index contributed by atoms with van der Waals surface area (Å²) >= 11 is 8.47. The summed E-state index contributed by atoms with van der Waals surface area (Å²) in [6.45, 7) is 3.12. The maximum Gasteiger partial charge on any atom is 0.0608 e. The Bertz CT molecular complexity index is 553. The van der Waals surface area contributed by atoms with Gasteiger partial charge in [0.15, 0.2) is 0 Å². The van der Waals surface area contributed by atoms with Crippen molar-refractivity contribution in [3.05, 3.63) is 50.3 Å². The van der Waals surface area contributed by atoms with Gasteiger partial charge >= 0.3 is 0 Å². The molecule has 1 aromatic carbocycles. The number of benzene rings is 1. The molecule has 2 aromatic rings. The van der Waals surface area contributed by atoms with Crippen LogP contribution in [0, 0.1) is 3.57 Å². The summed E-state index contributed by atoms with van der Waals surface area (Å²) in [7, 11) is 1.93. The van der Waals surface area contributed by atoms with E-state index in [4.69, 9.17) is 11.6 Å². The molecule has 1 atom stereocenters. The van der Waals surface area contributed by atoms with Crippen LogP contribution in [0.5, 0.6) is 0 Å². The number of hydrogen-bond donors (Lipinski definition) is 1. The van der Waals surface area contributed by atoms with Crippen molar-refractivity contribution in [1.29, 1.82) is 0 Å². The molecule has 0 aliphatic carbocycles. The van der Waals surface area contributed by atoms with Crippen LogP contribution < -0.4 is 5.32 Å². The maximum atomic E-state index is 6.23. The minimum Gasteiger partial charge on any atom is -0.306 e. The van der Waals surface area contributed by atoms with Crippen LogP contribution in [-0.4, -0.2) is 16.3 Å². The standard InChI is InChI=1S/C14H17ClIN3/c1-3-6-17-14(11-8-18-19(2)9-11)10-4-5-13(16)12(15)7-10/h4-5,7-9,14,17H,3,6H2,1-2H3. The van der Waals surface area contributed by atoms with Crippen molar-refractivity contribution < 1.29 is 0 Å². The average Bonchev–Trinajstić information content (AvgIpc) is 2.80. The molecule has 0 saturated carbocycles. The first-order chi connectivity index (χ1) is 9.11. The quantitative estimate of drug-likeness (QED) is 0.789. The number of halogens is 2. The largest absolute Gasteiger partial charge is 0.306 e. The second-order valence-corrected chi connectivity index (χ2v) is 6.08. The van der Waals surface area contributed by atoms with E-state index in [0.717, 1.165) is 27.1 Å². The Hall–Kier alpha value is -0.590. The highest BCUT2D eigenvalue weighted by atomic mass is 127. The smallest absolute Gasteiger partial charge is 0.0608 e. The predicted octanol–water partition coefficient (Wildman–Crippen LogP) is 3.77. The Morgan fingerprint density at radius 2 is 2.21 bits per heavy atom. The van der Waals surface area contributed by atoms with Crippen LogP contribution in [0.4, 0.5) is 0 Å². The van der Waals surface area contributed by atoms with Crippen LogP contribution in [0.25, 0.3) is 0 Å². The third-order valence-electron chi connectivity index (χ3n) is 2.93. The van der Waals surface area contributed by atoms with Gasteiger partial charge in [-0.05, 0) is 53.3 Å². The maximum absolute atomic E-state index is 6.23. The lowest BCUT2D eigenvalue weighted by Gasteiger charge is -2.18. The molecule has 1 aromatic heterocycles. The highest BCUT2D eigenvalue weighted by Gasteiger charge is 2.15. The third kappa shape index (κ3) is 3.70. The van der Waals surface area contributed by atoms with Gasteiger partial charge < -0.3 is 5.32 Å². The summed E-state index contributed by atoms with van der Waals surface area (Å²) in [5.41, 5.74) is 2.33. The van der Waals surface area contributed by atoms with Crippen molar-refractivity contribution in [2.45, 2.75) is 19.4 Å². The van der Waals surface area contributed by atoms with Gasteiger partial charge in [0, 0.05) is 22.4 Å². The van der Waals surface area contributed by atoms with E-state index in [1.54, 1.807) is 0 Å². The van der Waals surface area contributed by atoms with Crippen LogP contribution in [0.15, 0.2) is 30.6 Å². The first-order valence-electron chi connectivity index (χ1n) is 6.28. The van der Waals surface area contributed by atoms with Crippen LogP contribution in [0.3, 0.4) is 0 Å². The van der Waals surface area contributed by atoms with Crippen LogP contribution in [0.1, 0.15) is 30.5 Å². The van der Waals surface area contributed by atoms with E-state index in [9.17, 15) is 0 Å². The molecule has 1 unspecified atom stereocenters. The highest BCUT2D eigenvalue weighted by molar-refractivity contribution is 14.1. The Kier molecular flexibility index (Phi) is 5.24. The molecule has 0 aliphatic heterocycles. The fraction of sp³-hybridized carbons (Fsp3) is 0.357. The molecule has 0 radical (unpaired) electrons. The lowest BCUT2D eigenvalue weighted by molar-refractivity contribution is 0.598. The molecule has 102 valence electrons. The van der Waals surface area contributed by atoms with E-state index < -0.39 is 0 Å².